The number of aromatic nitrogens is 2. The largest absolute Gasteiger partial charge is 0.307 e. The van der Waals surface area contributed by atoms with Crippen LogP contribution in [0, 0.1) is 0 Å². The average Bonchev–Trinajstić information content (AvgIpc) is 2.82. The molecule has 2 heterocycles. The second-order valence-corrected chi connectivity index (χ2v) is 5.92. The van der Waals surface area contributed by atoms with Gasteiger partial charge in [-0.3, -0.25) is 0 Å². The number of hydrogen-bond acceptors (Lipinski definition) is 2. The van der Waals surface area contributed by atoms with Crippen LogP contribution in [-0.4, -0.2) is 9.38 Å². The predicted molar refractivity (Wildman–Crippen MR) is 81.2 cm³/mol. The molecule has 5 heteroatoms. The van der Waals surface area contributed by atoms with E-state index >= 15 is 0 Å². The molecule has 0 aliphatic rings. The molecule has 0 unspecified atom stereocenters. The normalized spacial score (nSPS) is 11.1. The van der Waals surface area contributed by atoms with Crippen LogP contribution in [0.5, 0.6) is 0 Å². The van der Waals surface area contributed by atoms with Gasteiger partial charge in [-0.2, -0.15) is 0 Å². The topological polar surface area (TPSA) is 17.3 Å². The van der Waals surface area contributed by atoms with E-state index in [9.17, 15) is 0 Å². The lowest BCUT2D eigenvalue weighted by Crippen LogP contribution is -1.81. The third-order valence-electron chi connectivity index (χ3n) is 2.68. The number of benzene rings is 1. The van der Waals surface area contributed by atoms with Crippen molar-refractivity contribution in [3.05, 3.63) is 64.5 Å². The summed E-state index contributed by atoms with van der Waals surface area (Å²) in [6, 6.07) is 11.4. The van der Waals surface area contributed by atoms with Crippen molar-refractivity contribution in [2.75, 3.05) is 0 Å². The van der Waals surface area contributed by atoms with Crippen molar-refractivity contribution < 1.29 is 0 Å². The zero-order chi connectivity index (χ0) is 13.2. The van der Waals surface area contributed by atoms with Gasteiger partial charge < -0.3 is 4.40 Å². The van der Waals surface area contributed by atoms with E-state index in [2.05, 4.69) is 4.98 Å². The fraction of sp³-hybridized carbons (Fsp3) is 0.0714. The second-order valence-electron chi connectivity index (χ2n) is 4.06. The molecule has 0 atom stereocenters. The van der Waals surface area contributed by atoms with E-state index in [1.54, 1.807) is 17.8 Å². The average molecular weight is 309 g/mol. The van der Waals surface area contributed by atoms with E-state index in [0.29, 0.717) is 5.02 Å². The molecule has 0 spiro atoms. The molecule has 0 aliphatic carbocycles. The van der Waals surface area contributed by atoms with Gasteiger partial charge in [-0.1, -0.05) is 29.3 Å². The Hall–Kier alpha value is -1.16. The van der Waals surface area contributed by atoms with E-state index in [0.717, 1.165) is 27.0 Å². The highest BCUT2D eigenvalue weighted by atomic mass is 35.5. The van der Waals surface area contributed by atoms with Gasteiger partial charge in [-0.05, 0) is 30.3 Å². The quantitative estimate of drug-likeness (QED) is 0.638. The van der Waals surface area contributed by atoms with Crippen molar-refractivity contribution in [1.82, 2.24) is 9.38 Å². The standard InChI is InChI=1S/C14H10Cl2N2S/c15-10-4-5-12(16)13(7-10)19-9-11-8-18-6-2-1-3-14(18)17-11/h1-8H,9H2. The van der Waals surface area contributed by atoms with Crippen molar-refractivity contribution in [3.63, 3.8) is 0 Å². The van der Waals surface area contributed by atoms with Crippen LogP contribution in [0.15, 0.2) is 53.7 Å². The van der Waals surface area contributed by atoms with Crippen LogP contribution in [0.25, 0.3) is 5.65 Å². The van der Waals surface area contributed by atoms with E-state index in [1.165, 1.54) is 0 Å². The molecular formula is C14H10Cl2N2S. The van der Waals surface area contributed by atoms with Gasteiger partial charge >= 0.3 is 0 Å². The van der Waals surface area contributed by atoms with Crippen LogP contribution >= 0.6 is 35.0 Å². The highest BCUT2D eigenvalue weighted by Gasteiger charge is 2.05. The van der Waals surface area contributed by atoms with Crippen molar-refractivity contribution in [2.24, 2.45) is 0 Å². The van der Waals surface area contributed by atoms with Crippen molar-refractivity contribution in [3.8, 4) is 0 Å². The number of fused-ring (bicyclic) bond motifs is 1. The molecule has 0 fully saturated rings. The van der Waals surface area contributed by atoms with Gasteiger partial charge in [-0.15, -0.1) is 11.8 Å². The van der Waals surface area contributed by atoms with Crippen LogP contribution in [0.4, 0.5) is 0 Å². The lowest BCUT2D eigenvalue weighted by molar-refractivity contribution is 1.18. The van der Waals surface area contributed by atoms with Gasteiger partial charge in [0.15, 0.2) is 0 Å². The summed E-state index contributed by atoms with van der Waals surface area (Å²) in [7, 11) is 0. The summed E-state index contributed by atoms with van der Waals surface area (Å²) in [6.45, 7) is 0. The van der Waals surface area contributed by atoms with Gasteiger partial charge in [0.25, 0.3) is 0 Å². The first-order valence-corrected chi connectivity index (χ1v) is 7.47. The monoisotopic (exact) mass is 308 g/mol. The first-order chi connectivity index (χ1) is 9.22. The Morgan fingerprint density at radius 2 is 2.05 bits per heavy atom. The molecule has 2 aromatic heterocycles. The number of pyridine rings is 1. The van der Waals surface area contributed by atoms with Crippen LogP contribution < -0.4 is 0 Å². The van der Waals surface area contributed by atoms with Crippen molar-refractivity contribution in [2.45, 2.75) is 10.6 Å². The summed E-state index contributed by atoms with van der Waals surface area (Å²) in [5, 5.41) is 1.42. The summed E-state index contributed by atoms with van der Waals surface area (Å²) in [5.41, 5.74) is 1.97. The summed E-state index contributed by atoms with van der Waals surface area (Å²) in [6.07, 6.45) is 4.02. The Morgan fingerprint density at radius 3 is 2.89 bits per heavy atom. The Kier molecular flexibility index (Phi) is 3.69. The van der Waals surface area contributed by atoms with Crippen LogP contribution in [0.3, 0.4) is 0 Å². The maximum absolute atomic E-state index is 6.14. The number of halogens is 2. The zero-order valence-corrected chi connectivity index (χ0v) is 12.2. The zero-order valence-electron chi connectivity index (χ0n) is 9.88. The molecule has 1 aromatic carbocycles. The maximum atomic E-state index is 6.14. The van der Waals surface area contributed by atoms with Crippen LogP contribution in [0.1, 0.15) is 5.69 Å². The molecule has 0 radical (unpaired) electrons. The second kappa shape index (κ2) is 5.45. The molecule has 0 saturated heterocycles. The highest BCUT2D eigenvalue weighted by molar-refractivity contribution is 7.98. The number of thioether (sulfide) groups is 1. The van der Waals surface area contributed by atoms with E-state index in [-0.39, 0.29) is 0 Å². The summed E-state index contributed by atoms with van der Waals surface area (Å²) < 4.78 is 2.01. The Morgan fingerprint density at radius 1 is 1.16 bits per heavy atom. The third-order valence-corrected chi connectivity index (χ3v) is 4.45. The first kappa shape index (κ1) is 12.9. The molecule has 96 valence electrons. The molecule has 0 bridgehead atoms. The van der Waals surface area contributed by atoms with Crippen LogP contribution in [-0.2, 0) is 5.75 Å². The summed E-state index contributed by atoms with van der Waals surface area (Å²) >= 11 is 13.7. The van der Waals surface area contributed by atoms with E-state index in [1.807, 2.05) is 47.1 Å². The minimum absolute atomic E-state index is 0.696. The van der Waals surface area contributed by atoms with E-state index < -0.39 is 0 Å². The van der Waals surface area contributed by atoms with Crippen molar-refractivity contribution in [1.29, 1.82) is 0 Å². The fourth-order valence-corrected chi connectivity index (χ4v) is 3.17. The maximum Gasteiger partial charge on any atom is 0.137 e. The molecule has 0 N–H and O–H groups in total. The van der Waals surface area contributed by atoms with Gasteiger partial charge in [0.2, 0.25) is 0 Å². The minimum atomic E-state index is 0.696. The molecule has 19 heavy (non-hydrogen) atoms. The molecule has 0 amide bonds. The van der Waals surface area contributed by atoms with Crippen molar-refractivity contribution >= 4 is 40.6 Å². The Labute approximate surface area is 125 Å². The molecule has 0 saturated carbocycles. The molecule has 2 nitrogen and oxygen atoms in total. The van der Waals surface area contributed by atoms with Gasteiger partial charge in [0, 0.05) is 28.1 Å². The summed E-state index contributed by atoms with van der Waals surface area (Å²) in [5.74, 6) is 0.766. The molecule has 3 rings (SSSR count). The van der Waals surface area contributed by atoms with Gasteiger partial charge in [0.05, 0.1) is 10.7 Å². The minimum Gasteiger partial charge on any atom is -0.307 e. The molecule has 0 aliphatic heterocycles. The predicted octanol–water partition coefficient (Wildman–Crippen LogP) is 4.93. The molecule has 3 aromatic rings. The highest BCUT2D eigenvalue weighted by Crippen LogP contribution is 2.31. The molecular weight excluding hydrogens is 299 g/mol. The lowest BCUT2D eigenvalue weighted by atomic mass is 10.4. The smallest absolute Gasteiger partial charge is 0.137 e. The third kappa shape index (κ3) is 2.89. The summed E-state index contributed by atoms with van der Waals surface area (Å²) in [4.78, 5) is 5.52. The Balaban J connectivity index is 1.80. The SMILES string of the molecule is Clc1ccc(Cl)c(SCc2cn3ccccc3n2)c1. The number of imidazole rings is 1. The Bertz CT molecular complexity index is 691. The van der Waals surface area contributed by atoms with Gasteiger partial charge in [-0.25, -0.2) is 4.98 Å². The number of nitrogens with zero attached hydrogens (tertiary/aromatic N) is 2. The fourth-order valence-electron chi connectivity index (χ4n) is 1.80. The lowest BCUT2D eigenvalue weighted by Gasteiger charge is -2.02. The van der Waals surface area contributed by atoms with Crippen LogP contribution in [0.2, 0.25) is 10.0 Å². The van der Waals surface area contributed by atoms with E-state index in [4.69, 9.17) is 23.2 Å². The number of rotatable bonds is 3. The number of hydrogen-bond donors (Lipinski definition) is 0. The first-order valence-electron chi connectivity index (χ1n) is 5.73. The van der Waals surface area contributed by atoms with Gasteiger partial charge in [0.1, 0.15) is 5.65 Å².